The van der Waals surface area contributed by atoms with E-state index in [-0.39, 0.29) is 0 Å². The Morgan fingerprint density at radius 1 is 1.39 bits per heavy atom. The summed E-state index contributed by atoms with van der Waals surface area (Å²) in [5.74, 6) is 0. The van der Waals surface area contributed by atoms with Crippen LogP contribution in [0.4, 0.5) is 14.7 Å². The van der Waals surface area contributed by atoms with Gasteiger partial charge >= 0.3 is 12.1 Å². The summed E-state index contributed by atoms with van der Waals surface area (Å²) < 4.78 is 5.28. The molecule has 7 heteroatoms. The quantitative estimate of drug-likeness (QED) is 0.830. The van der Waals surface area contributed by atoms with Crippen LogP contribution >= 0.6 is 11.3 Å². The molecule has 6 nitrogen and oxygen atoms in total. The lowest BCUT2D eigenvalue weighted by molar-refractivity contribution is 0.172. The number of fused-ring (bicyclic) bond motifs is 1. The summed E-state index contributed by atoms with van der Waals surface area (Å²) in [6.45, 7) is 1.94. The highest BCUT2D eigenvalue weighted by Gasteiger charge is 2.11. The number of ether oxygens (including phenoxy) is 1. The van der Waals surface area contributed by atoms with Crippen molar-refractivity contribution in [3.05, 3.63) is 23.8 Å². The zero-order valence-corrected chi connectivity index (χ0v) is 10.6. The molecule has 0 aliphatic carbocycles. The molecule has 2 N–H and O–H groups in total. The van der Waals surface area contributed by atoms with Gasteiger partial charge in [0, 0.05) is 0 Å². The van der Waals surface area contributed by atoms with Crippen molar-refractivity contribution in [3.63, 3.8) is 0 Å². The number of para-hydroxylation sites is 1. The summed E-state index contributed by atoms with van der Waals surface area (Å²) in [7, 11) is 1.18. The van der Waals surface area contributed by atoms with Crippen LogP contribution in [0.2, 0.25) is 0 Å². The standard InChI is InChI=1S/C11H11N3O3S/c1-6-4-3-5-7-8(6)12-10(18-7)13-9(15)14-11(16)17-2/h3-5H,1-2H3,(H2,12,13,14,15,16). The maximum absolute atomic E-state index is 11.4. The van der Waals surface area contributed by atoms with Crippen LogP contribution in [0.15, 0.2) is 18.2 Å². The molecule has 0 unspecified atom stereocenters. The Bertz CT molecular complexity index is 609. The fourth-order valence-corrected chi connectivity index (χ4v) is 2.35. The topological polar surface area (TPSA) is 80.3 Å². The zero-order chi connectivity index (χ0) is 13.1. The molecule has 0 aliphatic rings. The smallest absolute Gasteiger partial charge is 0.415 e. The largest absolute Gasteiger partial charge is 0.453 e. The Labute approximate surface area is 107 Å². The number of alkyl carbamates (subject to hydrolysis) is 1. The van der Waals surface area contributed by atoms with Crippen LogP contribution in [-0.4, -0.2) is 24.2 Å². The van der Waals surface area contributed by atoms with Crippen molar-refractivity contribution in [2.45, 2.75) is 6.92 Å². The van der Waals surface area contributed by atoms with Crippen LogP contribution < -0.4 is 10.6 Å². The van der Waals surface area contributed by atoms with Crippen LogP contribution in [0.1, 0.15) is 5.56 Å². The Hall–Kier alpha value is -2.15. The van der Waals surface area contributed by atoms with Crippen molar-refractivity contribution in [1.29, 1.82) is 0 Å². The van der Waals surface area contributed by atoms with Gasteiger partial charge in [-0.15, -0.1) is 0 Å². The van der Waals surface area contributed by atoms with E-state index < -0.39 is 12.1 Å². The second-order valence-electron chi connectivity index (χ2n) is 3.51. The van der Waals surface area contributed by atoms with E-state index in [9.17, 15) is 9.59 Å². The molecular weight excluding hydrogens is 254 g/mol. The van der Waals surface area contributed by atoms with E-state index in [2.05, 4.69) is 15.0 Å². The molecule has 94 valence electrons. The summed E-state index contributed by atoms with van der Waals surface area (Å²) in [6, 6.07) is 5.12. The number of benzene rings is 1. The molecule has 0 saturated carbocycles. The van der Waals surface area contributed by atoms with Gasteiger partial charge in [-0.05, 0) is 18.6 Å². The number of nitrogens with one attached hydrogen (secondary N) is 2. The van der Waals surface area contributed by atoms with Gasteiger partial charge in [-0.1, -0.05) is 23.5 Å². The number of rotatable bonds is 1. The van der Waals surface area contributed by atoms with E-state index >= 15 is 0 Å². The van der Waals surface area contributed by atoms with Crippen LogP contribution in [0.3, 0.4) is 0 Å². The Balaban J connectivity index is 2.15. The van der Waals surface area contributed by atoms with Crippen molar-refractivity contribution in [2.24, 2.45) is 0 Å². The second kappa shape index (κ2) is 5.01. The third-order valence-corrected chi connectivity index (χ3v) is 3.18. The van der Waals surface area contributed by atoms with Gasteiger partial charge in [0.25, 0.3) is 0 Å². The minimum atomic E-state index is -0.815. The number of hydrogen-bond donors (Lipinski definition) is 2. The van der Waals surface area contributed by atoms with Gasteiger partial charge in [-0.2, -0.15) is 0 Å². The van der Waals surface area contributed by atoms with Crippen LogP contribution in [0.25, 0.3) is 10.2 Å². The van der Waals surface area contributed by atoms with E-state index in [1.807, 2.05) is 30.4 Å². The molecule has 1 aromatic carbocycles. The van der Waals surface area contributed by atoms with Gasteiger partial charge < -0.3 is 4.74 Å². The summed E-state index contributed by atoms with van der Waals surface area (Å²) in [5.41, 5.74) is 1.88. The van der Waals surface area contributed by atoms with E-state index in [0.29, 0.717) is 5.13 Å². The zero-order valence-electron chi connectivity index (χ0n) is 9.81. The number of anilines is 1. The first-order chi connectivity index (χ1) is 8.60. The predicted octanol–water partition coefficient (Wildman–Crippen LogP) is 2.49. The number of hydrogen-bond acceptors (Lipinski definition) is 5. The summed E-state index contributed by atoms with van der Waals surface area (Å²) >= 11 is 1.34. The highest BCUT2D eigenvalue weighted by atomic mass is 32.1. The van der Waals surface area contributed by atoms with E-state index in [1.54, 1.807) is 0 Å². The van der Waals surface area contributed by atoms with Crippen molar-refractivity contribution in [3.8, 4) is 0 Å². The van der Waals surface area contributed by atoms with Gasteiger partial charge in [0.1, 0.15) is 0 Å². The number of nitrogens with zero attached hydrogens (tertiary/aromatic N) is 1. The lowest BCUT2D eigenvalue weighted by Crippen LogP contribution is -2.34. The molecule has 18 heavy (non-hydrogen) atoms. The molecule has 2 rings (SSSR count). The molecule has 0 aliphatic heterocycles. The van der Waals surface area contributed by atoms with Crippen molar-refractivity contribution in [1.82, 2.24) is 10.3 Å². The van der Waals surface area contributed by atoms with Crippen LogP contribution in [0, 0.1) is 6.92 Å². The van der Waals surface area contributed by atoms with Crippen LogP contribution in [-0.2, 0) is 4.74 Å². The molecule has 1 heterocycles. The van der Waals surface area contributed by atoms with Crippen molar-refractivity contribution in [2.75, 3.05) is 12.4 Å². The van der Waals surface area contributed by atoms with Crippen molar-refractivity contribution < 1.29 is 14.3 Å². The first-order valence-corrected chi connectivity index (χ1v) is 5.94. The van der Waals surface area contributed by atoms with E-state index in [4.69, 9.17) is 0 Å². The third-order valence-electron chi connectivity index (χ3n) is 2.24. The first kappa shape index (κ1) is 12.3. The second-order valence-corrected chi connectivity index (χ2v) is 4.54. The normalized spacial score (nSPS) is 10.1. The lowest BCUT2D eigenvalue weighted by atomic mass is 10.2. The van der Waals surface area contributed by atoms with Gasteiger partial charge in [-0.25, -0.2) is 19.9 Å². The number of thiazole rings is 1. The molecule has 0 spiro atoms. The highest BCUT2D eigenvalue weighted by molar-refractivity contribution is 7.22. The van der Waals surface area contributed by atoms with Crippen molar-refractivity contribution >= 4 is 38.8 Å². The fourth-order valence-electron chi connectivity index (χ4n) is 1.41. The number of aromatic nitrogens is 1. The third kappa shape index (κ3) is 2.57. The molecule has 1 aromatic heterocycles. The number of methoxy groups -OCH3 is 1. The minimum absolute atomic E-state index is 0.431. The number of carbonyl (C=O) groups excluding carboxylic acids is 2. The predicted molar refractivity (Wildman–Crippen MR) is 68.9 cm³/mol. The molecule has 2 aromatic rings. The number of aryl methyl sites for hydroxylation is 1. The van der Waals surface area contributed by atoms with E-state index in [0.717, 1.165) is 15.8 Å². The molecule has 3 amide bonds. The Morgan fingerprint density at radius 2 is 2.17 bits per heavy atom. The van der Waals surface area contributed by atoms with Gasteiger partial charge in [-0.3, -0.25) is 5.32 Å². The minimum Gasteiger partial charge on any atom is -0.453 e. The Morgan fingerprint density at radius 3 is 2.83 bits per heavy atom. The summed E-state index contributed by atoms with van der Waals surface area (Å²) in [5, 5.41) is 4.90. The van der Waals surface area contributed by atoms with Gasteiger partial charge in [0.2, 0.25) is 0 Å². The fraction of sp³-hybridized carbons (Fsp3) is 0.182. The SMILES string of the molecule is COC(=O)NC(=O)Nc1nc2c(C)cccc2s1. The van der Waals surface area contributed by atoms with Gasteiger partial charge in [0.15, 0.2) is 5.13 Å². The van der Waals surface area contributed by atoms with Gasteiger partial charge in [0.05, 0.1) is 17.3 Å². The molecule has 0 saturated heterocycles. The number of amides is 3. The highest BCUT2D eigenvalue weighted by Crippen LogP contribution is 2.27. The molecule has 0 fully saturated rings. The molecular formula is C11H11N3O3S. The average molecular weight is 265 g/mol. The Kier molecular flexibility index (Phi) is 3.42. The monoisotopic (exact) mass is 265 g/mol. The van der Waals surface area contributed by atoms with Crippen LogP contribution in [0.5, 0.6) is 0 Å². The molecule has 0 radical (unpaired) electrons. The maximum Gasteiger partial charge on any atom is 0.415 e. The number of carbonyl (C=O) groups is 2. The lowest BCUT2D eigenvalue weighted by Gasteiger charge is -2.01. The molecule has 0 bridgehead atoms. The molecule has 0 atom stereocenters. The summed E-state index contributed by atoms with van der Waals surface area (Å²) in [6.07, 6.45) is -0.815. The van der Waals surface area contributed by atoms with E-state index in [1.165, 1.54) is 18.4 Å². The first-order valence-electron chi connectivity index (χ1n) is 5.12. The summed E-state index contributed by atoms with van der Waals surface area (Å²) in [4.78, 5) is 26.5. The average Bonchev–Trinajstić information content (AvgIpc) is 2.72. The maximum atomic E-state index is 11.4. The number of imide groups is 1. The number of urea groups is 1.